The van der Waals surface area contributed by atoms with E-state index in [1.165, 1.54) is 18.1 Å². The van der Waals surface area contributed by atoms with Crippen LogP contribution in [0.3, 0.4) is 0 Å². The maximum absolute atomic E-state index is 12.0. The van der Waals surface area contributed by atoms with Crippen molar-refractivity contribution in [2.24, 2.45) is 11.8 Å². The van der Waals surface area contributed by atoms with E-state index in [0.29, 0.717) is 30.9 Å². The van der Waals surface area contributed by atoms with Crippen LogP contribution in [0, 0.1) is 11.8 Å². The van der Waals surface area contributed by atoms with Gasteiger partial charge in [-0.1, -0.05) is 25.1 Å². The van der Waals surface area contributed by atoms with Crippen LogP contribution in [0.4, 0.5) is 0 Å². The summed E-state index contributed by atoms with van der Waals surface area (Å²) in [5.41, 5.74) is 1.21. The van der Waals surface area contributed by atoms with Crippen LogP contribution < -0.4 is 10.1 Å². The molecular formula is C21H23NO3. The Morgan fingerprint density at radius 3 is 2.96 bits per heavy atom. The van der Waals surface area contributed by atoms with Crippen LogP contribution >= 0.6 is 0 Å². The van der Waals surface area contributed by atoms with Gasteiger partial charge in [0.2, 0.25) is 5.91 Å². The van der Waals surface area contributed by atoms with Crippen molar-refractivity contribution in [2.75, 3.05) is 13.2 Å². The van der Waals surface area contributed by atoms with Crippen molar-refractivity contribution in [1.82, 2.24) is 5.32 Å². The van der Waals surface area contributed by atoms with E-state index < -0.39 is 0 Å². The largest absolute Gasteiger partial charge is 0.493 e. The number of hydrogen-bond acceptors (Lipinski definition) is 3. The summed E-state index contributed by atoms with van der Waals surface area (Å²) in [6, 6.07) is 12.0. The Morgan fingerprint density at radius 1 is 1.28 bits per heavy atom. The Morgan fingerprint density at radius 2 is 2.12 bits per heavy atom. The summed E-state index contributed by atoms with van der Waals surface area (Å²) in [6.45, 7) is 3.48. The van der Waals surface area contributed by atoms with Crippen LogP contribution in [-0.2, 0) is 11.2 Å². The normalized spacial score (nSPS) is 24.6. The van der Waals surface area contributed by atoms with Crippen molar-refractivity contribution in [1.29, 1.82) is 0 Å². The Kier molecular flexibility index (Phi) is 4.35. The summed E-state index contributed by atoms with van der Waals surface area (Å²) >= 11 is 0. The molecule has 1 aromatic carbocycles. The lowest BCUT2D eigenvalue weighted by Crippen LogP contribution is -2.33. The fraction of sp³-hybridized carbons (Fsp3) is 0.381. The number of carbonyl (C=O) groups excluding carboxylic acids is 1. The van der Waals surface area contributed by atoms with E-state index >= 15 is 0 Å². The van der Waals surface area contributed by atoms with Crippen LogP contribution in [-0.4, -0.2) is 19.1 Å². The van der Waals surface area contributed by atoms with Crippen LogP contribution in [0.15, 0.2) is 46.9 Å². The lowest BCUT2D eigenvalue weighted by Gasteiger charge is -2.25. The van der Waals surface area contributed by atoms with Gasteiger partial charge in [-0.25, -0.2) is 0 Å². The Hall–Kier alpha value is -2.49. The number of rotatable bonds is 5. The van der Waals surface area contributed by atoms with Crippen LogP contribution in [0.25, 0.3) is 6.08 Å². The van der Waals surface area contributed by atoms with E-state index in [-0.39, 0.29) is 5.91 Å². The van der Waals surface area contributed by atoms with Gasteiger partial charge in [0.1, 0.15) is 17.3 Å². The second-order valence-corrected chi connectivity index (χ2v) is 7.13. The summed E-state index contributed by atoms with van der Waals surface area (Å²) in [6.07, 6.45) is 5.40. The molecule has 1 saturated carbocycles. The number of ether oxygens (including phenoxy) is 1. The first kappa shape index (κ1) is 16.0. The molecule has 0 radical (unpaired) electrons. The molecule has 25 heavy (non-hydrogen) atoms. The monoisotopic (exact) mass is 337 g/mol. The zero-order valence-corrected chi connectivity index (χ0v) is 14.4. The quantitative estimate of drug-likeness (QED) is 0.845. The van der Waals surface area contributed by atoms with Crippen LogP contribution in [0.2, 0.25) is 0 Å². The molecule has 0 saturated heterocycles. The Bertz CT molecular complexity index is 792. The molecule has 0 unspecified atom stereocenters. The van der Waals surface area contributed by atoms with Crippen LogP contribution in [0.1, 0.15) is 36.3 Å². The second kappa shape index (κ2) is 6.79. The molecule has 3 atom stereocenters. The highest BCUT2D eigenvalue weighted by Gasteiger charge is 2.36. The number of nitrogens with one attached hydrogen (secondary N) is 1. The van der Waals surface area contributed by atoms with E-state index in [4.69, 9.17) is 9.15 Å². The zero-order chi connectivity index (χ0) is 17.2. The maximum Gasteiger partial charge on any atom is 0.244 e. The highest BCUT2D eigenvalue weighted by Crippen LogP contribution is 2.47. The molecule has 1 fully saturated rings. The minimum absolute atomic E-state index is 0.100. The zero-order valence-electron chi connectivity index (χ0n) is 14.4. The van der Waals surface area contributed by atoms with E-state index in [1.54, 1.807) is 6.08 Å². The molecule has 0 spiro atoms. The summed E-state index contributed by atoms with van der Waals surface area (Å²) in [5, 5.41) is 2.95. The van der Waals surface area contributed by atoms with Crippen molar-refractivity contribution in [3.63, 3.8) is 0 Å². The standard InChI is InChI=1S/C21H23NO3/c1-14-10-18(14)20-8-6-17(25-20)7-9-21(23)22-12-15-11-16-4-2-3-5-19(16)24-13-15/h2-9,14-15,18H,10-13H2,1H3,(H,22,23)/b9-7-/t14-,15+,18+/m1/s1. The van der Waals surface area contributed by atoms with Gasteiger partial charge < -0.3 is 14.5 Å². The molecule has 4 rings (SSSR count). The van der Waals surface area contributed by atoms with Gasteiger partial charge in [-0.15, -0.1) is 0 Å². The fourth-order valence-electron chi connectivity index (χ4n) is 3.36. The highest BCUT2D eigenvalue weighted by atomic mass is 16.5. The summed E-state index contributed by atoms with van der Waals surface area (Å²) in [5.74, 6) is 4.21. The third kappa shape index (κ3) is 3.78. The van der Waals surface area contributed by atoms with E-state index in [1.807, 2.05) is 30.3 Å². The number of furan rings is 1. The average molecular weight is 337 g/mol. The predicted molar refractivity (Wildman–Crippen MR) is 96.4 cm³/mol. The molecule has 4 heteroatoms. The third-order valence-electron chi connectivity index (χ3n) is 5.04. The van der Waals surface area contributed by atoms with Crippen LogP contribution in [0.5, 0.6) is 5.75 Å². The molecule has 1 N–H and O–H groups in total. The van der Waals surface area contributed by atoms with Gasteiger partial charge in [-0.05, 0) is 48.6 Å². The molecule has 1 aliphatic heterocycles. The highest BCUT2D eigenvalue weighted by molar-refractivity contribution is 5.91. The smallest absolute Gasteiger partial charge is 0.244 e. The van der Waals surface area contributed by atoms with Gasteiger partial charge in [-0.3, -0.25) is 4.79 Å². The molecular weight excluding hydrogens is 314 g/mol. The lowest BCUT2D eigenvalue weighted by atomic mass is 9.97. The van der Waals surface area contributed by atoms with Crippen molar-refractivity contribution in [3.05, 3.63) is 59.6 Å². The number of fused-ring (bicyclic) bond motifs is 1. The predicted octanol–water partition coefficient (Wildman–Crippen LogP) is 3.78. The first-order valence-corrected chi connectivity index (χ1v) is 8.95. The SMILES string of the molecule is C[C@@H]1C[C@@H]1c1ccc(/C=C\C(=O)NC[C@H]2COc3ccccc3C2)o1. The van der Waals surface area contributed by atoms with Gasteiger partial charge >= 0.3 is 0 Å². The maximum atomic E-state index is 12.0. The minimum atomic E-state index is -0.100. The van der Waals surface area contributed by atoms with Gasteiger partial charge in [0.25, 0.3) is 0 Å². The van der Waals surface area contributed by atoms with Gasteiger partial charge in [0, 0.05) is 24.5 Å². The van der Waals surface area contributed by atoms with Crippen molar-refractivity contribution >= 4 is 12.0 Å². The van der Waals surface area contributed by atoms with Gasteiger partial charge in [0.05, 0.1) is 6.61 Å². The number of carbonyl (C=O) groups is 1. The third-order valence-corrected chi connectivity index (χ3v) is 5.04. The topological polar surface area (TPSA) is 51.5 Å². The molecule has 4 nitrogen and oxygen atoms in total. The minimum Gasteiger partial charge on any atom is -0.493 e. The number of amides is 1. The molecule has 130 valence electrons. The Labute approximate surface area is 147 Å². The molecule has 0 bridgehead atoms. The molecule has 1 amide bonds. The molecule has 2 aromatic rings. The number of para-hydroxylation sites is 1. The molecule has 1 aromatic heterocycles. The molecule has 2 heterocycles. The van der Waals surface area contributed by atoms with Crippen molar-refractivity contribution < 1.29 is 13.9 Å². The van der Waals surface area contributed by atoms with E-state index in [0.717, 1.165) is 23.7 Å². The number of hydrogen-bond donors (Lipinski definition) is 1. The first-order chi connectivity index (χ1) is 12.2. The second-order valence-electron chi connectivity index (χ2n) is 7.13. The summed E-state index contributed by atoms with van der Waals surface area (Å²) < 4.78 is 11.5. The number of benzene rings is 1. The van der Waals surface area contributed by atoms with Gasteiger partial charge in [0.15, 0.2) is 0 Å². The average Bonchev–Trinajstić information content (AvgIpc) is 3.18. The molecule has 1 aliphatic carbocycles. The van der Waals surface area contributed by atoms with E-state index in [9.17, 15) is 4.79 Å². The summed E-state index contributed by atoms with van der Waals surface area (Å²) in [7, 11) is 0. The summed E-state index contributed by atoms with van der Waals surface area (Å²) in [4.78, 5) is 12.0. The molecule has 2 aliphatic rings. The Balaban J connectivity index is 1.26. The van der Waals surface area contributed by atoms with Crippen molar-refractivity contribution in [3.8, 4) is 5.75 Å². The lowest BCUT2D eigenvalue weighted by molar-refractivity contribution is -0.116. The van der Waals surface area contributed by atoms with Crippen molar-refractivity contribution in [2.45, 2.75) is 25.7 Å². The van der Waals surface area contributed by atoms with Gasteiger partial charge in [-0.2, -0.15) is 0 Å². The van der Waals surface area contributed by atoms with E-state index in [2.05, 4.69) is 18.3 Å². The first-order valence-electron chi connectivity index (χ1n) is 8.95. The fourth-order valence-corrected chi connectivity index (χ4v) is 3.36.